The molecule has 0 atom stereocenters. The summed E-state index contributed by atoms with van der Waals surface area (Å²) in [5.74, 6) is 0.516. The molecular formula is C15H21N3O2Si. The molecule has 0 saturated carbocycles. The third-order valence-electron chi connectivity index (χ3n) is 3.31. The lowest BCUT2D eigenvalue weighted by atomic mass is 10.2. The van der Waals surface area contributed by atoms with Crippen molar-refractivity contribution in [1.29, 1.82) is 5.26 Å². The second-order valence-electron chi connectivity index (χ2n) is 6.19. The smallest absolute Gasteiger partial charge is 0.238 e. The van der Waals surface area contributed by atoms with Gasteiger partial charge in [-0.2, -0.15) is 5.26 Å². The van der Waals surface area contributed by atoms with E-state index in [9.17, 15) is 0 Å². The van der Waals surface area contributed by atoms with Crippen molar-refractivity contribution in [3.63, 3.8) is 0 Å². The highest BCUT2D eigenvalue weighted by atomic mass is 28.3. The largest absolute Gasteiger partial charge is 0.479 e. The van der Waals surface area contributed by atoms with Gasteiger partial charge in [0.25, 0.3) is 0 Å². The molecule has 0 N–H and O–H groups in total. The van der Waals surface area contributed by atoms with Crippen LogP contribution in [0.3, 0.4) is 0 Å². The van der Waals surface area contributed by atoms with Crippen LogP contribution in [0.5, 0.6) is 5.88 Å². The standard InChI is InChI=1S/C15H21N3O2Si/c1-19-15-14-13(12(9-16)10-17-15)5-6-18(14)11-20-7-8-21(2,3)4/h5-6,10H,7-8,11H2,1-4H3. The molecule has 0 bridgehead atoms. The zero-order valence-corrected chi connectivity index (χ0v) is 14.0. The van der Waals surface area contributed by atoms with E-state index in [1.807, 2.05) is 16.8 Å². The summed E-state index contributed by atoms with van der Waals surface area (Å²) >= 11 is 0. The number of methoxy groups -OCH3 is 1. The van der Waals surface area contributed by atoms with Gasteiger partial charge >= 0.3 is 0 Å². The Bertz CT molecular complexity index is 668. The first kappa shape index (κ1) is 15.5. The number of hydrogen-bond acceptors (Lipinski definition) is 4. The summed E-state index contributed by atoms with van der Waals surface area (Å²) in [5.41, 5.74) is 1.36. The minimum atomic E-state index is -1.08. The van der Waals surface area contributed by atoms with Crippen LogP contribution in [0.1, 0.15) is 5.56 Å². The molecule has 0 amide bonds. The monoisotopic (exact) mass is 303 g/mol. The van der Waals surface area contributed by atoms with Crippen LogP contribution in [0.25, 0.3) is 10.9 Å². The van der Waals surface area contributed by atoms with Gasteiger partial charge in [-0.1, -0.05) is 19.6 Å². The van der Waals surface area contributed by atoms with E-state index in [2.05, 4.69) is 30.7 Å². The second kappa shape index (κ2) is 6.29. The van der Waals surface area contributed by atoms with Gasteiger partial charge in [-0.25, -0.2) is 4.98 Å². The van der Waals surface area contributed by atoms with E-state index < -0.39 is 8.07 Å². The van der Waals surface area contributed by atoms with E-state index in [4.69, 9.17) is 14.7 Å². The predicted octanol–water partition coefficient (Wildman–Crippen LogP) is 3.23. The molecular weight excluding hydrogens is 282 g/mol. The first-order valence-electron chi connectivity index (χ1n) is 6.96. The van der Waals surface area contributed by atoms with Gasteiger partial charge in [0.1, 0.15) is 18.3 Å². The Balaban J connectivity index is 2.19. The molecule has 2 heterocycles. The molecule has 0 spiro atoms. The van der Waals surface area contributed by atoms with Crippen molar-refractivity contribution < 1.29 is 9.47 Å². The normalized spacial score (nSPS) is 11.6. The molecule has 0 fully saturated rings. The average molecular weight is 303 g/mol. The van der Waals surface area contributed by atoms with Gasteiger partial charge in [-0.15, -0.1) is 0 Å². The van der Waals surface area contributed by atoms with Crippen molar-refractivity contribution in [3.8, 4) is 11.9 Å². The van der Waals surface area contributed by atoms with Crippen LogP contribution in [-0.4, -0.2) is 31.3 Å². The van der Waals surface area contributed by atoms with Crippen LogP contribution in [0.2, 0.25) is 25.7 Å². The van der Waals surface area contributed by atoms with Crippen LogP contribution >= 0.6 is 0 Å². The summed E-state index contributed by atoms with van der Waals surface area (Å²) in [6.07, 6.45) is 3.45. The maximum Gasteiger partial charge on any atom is 0.238 e. The fourth-order valence-electron chi connectivity index (χ4n) is 2.07. The summed E-state index contributed by atoms with van der Waals surface area (Å²) in [6.45, 7) is 8.18. The first-order chi connectivity index (χ1) is 9.96. The van der Waals surface area contributed by atoms with E-state index in [1.54, 1.807) is 7.11 Å². The van der Waals surface area contributed by atoms with Gasteiger partial charge < -0.3 is 14.0 Å². The van der Waals surface area contributed by atoms with Crippen LogP contribution in [-0.2, 0) is 11.5 Å². The quantitative estimate of drug-likeness (QED) is 0.607. The molecule has 0 aliphatic carbocycles. The third kappa shape index (κ3) is 3.63. The maximum absolute atomic E-state index is 9.15. The summed E-state index contributed by atoms with van der Waals surface area (Å²) in [5, 5.41) is 9.99. The summed E-state index contributed by atoms with van der Waals surface area (Å²) < 4.78 is 13.0. The van der Waals surface area contributed by atoms with Crippen molar-refractivity contribution in [2.75, 3.05) is 13.7 Å². The number of nitrogens with zero attached hydrogens (tertiary/aromatic N) is 3. The minimum Gasteiger partial charge on any atom is -0.479 e. The number of ether oxygens (including phenoxy) is 2. The van der Waals surface area contributed by atoms with Crippen molar-refractivity contribution >= 4 is 19.0 Å². The third-order valence-corrected chi connectivity index (χ3v) is 5.01. The minimum absolute atomic E-state index is 0.445. The highest BCUT2D eigenvalue weighted by Gasteiger charge is 2.14. The molecule has 0 radical (unpaired) electrons. The molecule has 112 valence electrons. The maximum atomic E-state index is 9.15. The summed E-state index contributed by atoms with van der Waals surface area (Å²) in [7, 11) is 0.501. The van der Waals surface area contributed by atoms with E-state index >= 15 is 0 Å². The lowest BCUT2D eigenvalue weighted by molar-refractivity contribution is 0.0899. The lowest BCUT2D eigenvalue weighted by Crippen LogP contribution is -2.22. The van der Waals surface area contributed by atoms with E-state index in [-0.39, 0.29) is 0 Å². The number of pyridine rings is 1. The Hall–Kier alpha value is -1.84. The molecule has 21 heavy (non-hydrogen) atoms. The fraction of sp³-hybridized carbons (Fsp3) is 0.467. The SMILES string of the molecule is COc1ncc(C#N)c2ccn(COCC[Si](C)(C)C)c12. The van der Waals surface area contributed by atoms with Crippen LogP contribution in [0.4, 0.5) is 0 Å². The summed E-state index contributed by atoms with van der Waals surface area (Å²) in [6, 6.07) is 5.19. The molecule has 2 aromatic rings. The van der Waals surface area contributed by atoms with Gasteiger partial charge in [-0.05, 0) is 12.1 Å². The number of nitriles is 1. The van der Waals surface area contributed by atoms with Crippen LogP contribution in [0, 0.1) is 11.3 Å². The van der Waals surface area contributed by atoms with Crippen molar-refractivity contribution in [1.82, 2.24) is 9.55 Å². The van der Waals surface area contributed by atoms with Crippen LogP contribution < -0.4 is 4.74 Å². The average Bonchev–Trinajstić information content (AvgIpc) is 2.86. The Labute approximate surface area is 126 Å². The van der Waals surface area contributed by atoms with Crippen LogP contribution in [0.15, 0.2) is 18.5 Å². The Morgan fingerprint density at radius 2 is 2.14 bits per heavy atom. The Morgan fingerprint density at radius 3 is 2.76 bits per heavy atom. The van der Waals surface area contributed by atoms with Gasteiger partial charge in [0.05, 0.1) is 12.7 Å². The number of fused-ring (bicyclic) bond motifs is 1. The van der Waals surface area contributed by atoms with Crippen molar-refractivity contribution in [2.45, 2.75) is 32.4 Å². The van der Waals surface area contributed by atoms with Crippen molar-refractivity contribution in [3.05, 3.63) is 24.0 Å². The molecule has 2 aromatic heterocycles. The fourth-order valence-corrected chi connectivity index (χ4v) is 2.83. The second-order valence-corrected chi connectivity index (χ2v) is 11.8. The molecule has 0 unspecified atom stereocenters. The molecule has 0 aliphatic rings. The Kier molecular flexibility index (Phi) is 4.65. The molecule has 0 aromatic carbocycles. The van der Waals surface area contributed by atoms with E-state index in [0.717, 1.165) is 23.6 Å². The Morgan fingerprint density at radius 1 is 1.38 bits per heavy atom. The summed E-state index contributed by atoms with van der Waals surface area (Å²) in [4.78, 5) is 4.18. The zero-order valence-electron chi connectivity index (χ0n) is 13.0. The highest BCUT2D eigenvalue weighted by molar-refractivity contribution is 6.76. The van der Waals surface area contributed by atoms with Crippen molar-refractivity contribution in [2.24, 2.45) is 0 Å². The highest BCUT2D eigenvalue weighted by Crippen LogP contribution is 2.27. The van der Waals surface area contributed by atoms with E-state index in [0.29, 0.717) is 18.2 Å². The van der Waals surface area contributed by atoms with Gasteiger partial charge in [-0.3, -0.25) is 0 Å². The van der Waals surface area contributed by atoms with Gasteiger partial charge in [0.2, 0.25) is 5.88 Å². The molecule has 5 nitrogen and oxygen atoms in total. The first-order valence-corrected chi connectivity index (χ1v) is 10.7. The zero-order chi connectivity index (χ0) is 15.5. The molecule has 0 aliphatic heterocycles. The number of aromatic nitrogens is 2. The van der Waals surface area contributed by atoms with E-state index in [1.165, 1.54) is 6.20 Å². The number of rotatable bonds is 6. The number of hydrogen-bond donors (Lipinski definition) is 0. The topological polar surface area (TPSA) is 60.1 Å². The van der Waals surface area contributed by atoms with Gasteiger partial charge in [0, 0.05) is 32.5 Å². The lowest BCUT2D eigenvalue weighted by Gasteiger charge is -2.16. The molecule has 0 saturated heterocycles. The van der Waals surface area contributed by atoms with Gasteiger partial charge in [0.15, 0.2) is 0 Å². The molecule has 2 rings (SSSR count). The predicted molar refractivity (Wildman–Crippen MR) is 85.1 cm³/mol. The molecule has 6 heteroatoms.